The van der Waals surface area contributed by atoms with E-state index in [9.17, 15) is 0 Å². The fourth-order valence-corrected chi connectivity index (χ4v) is 1.04. The molecule has 0 saturated carbocycles. The summed E-state index contributed by atoms with van der Waals surface area (Å²) >= 11 is 3.93. The van der Waals surface area contributed by atoms with Gasteiger partial charge in [0.25, 0.3) is 0 Å². The van der Waals surface area contributed by atoms with Gasteiger partial charge < -0.3 is 9.47 Å². The molecule has 0 N–H and O–H groups in total. The lowest BCUT2D eigenvalue weighted by Gasteiger charge is -2.04. The van der Waals surface area contributed by atoms with Crippen molar-refractivity contribution >= 4 is 12.6 Å². The van der Waals surface area contributed by atoms with Crippen LogP contribution in [0.1, 0.15) is 6.42 Å². The summed E-state index contributed by atoms with van der Waals surface area (Å²) in [7, 11) is 0. The third-order valence-electron chi connectivity index (χ3n) is 1.47. The van der Waals surface area contributed by atoms with Gasteiger partial charge in [0.05, 0.1) is 19.2 Å². The fraction of sp³-hybridized carbons (Fsp3) is 1.00. The predicted molar refractivity (Wildman–Crippen MR) is 38.7 cm³/mol. The lowest BCUT2D eigenvalue weighted by Crippen LogP contribution is -2.07. The van der Waals surface area contributed by atoms with Crippen LogP contribution in [0.15, 0.2) is 0 Å². The van der Waals surface area contributed by atoms with E-state index in [1.165, 1.54) is 0 Å². The number of hydrogen-bond donors (Lipinski definition) is 1. The number of thiol groups is 1. The largest absolute Gasteiger partial charge is 0.381 e. The van der Waals surface area contributed by atoms with Crippen LogP contribution in [-0.2, 0) is 9.47 Å². The third-order valence-corrected chi connectivity index (χ3v) is 1.65. The van der Waals surface area contributed by atoms with Crippen LogP contribution in [0.3, 0.4) is 0 Å². The highest BCUT2D eigenvalue weighted by Gasteiger charge is 2.14. The van der Waals surface area contributed by atoms with Crippen LogP contribution >= 0.6 is 12.6 Å². The van der Waals surface area contributed by atoms with Crippen LogP contribution in [0.2, 0.25) is 0 Å². The maximum absolute atomic E-state index is 5.15. The van der Waals surface area contributed by atoms with Gasteiger partial charge in [-0.05, 0) is 6.42 Å². The van der Waals surface area contributed by atoms with Gasteiger partial charge >= 0.3 is 0 Å². The Morgan fingerprint density at radius 2 is 2.56 bits per heavy atom. The minimum absolute atomic E-state index is 0.524. The predicted octanol–water partition coefficient (Wildman–Crippen LogP) is 0.927. The van der Waals surface area contributed by atoms with E-state index < -0.39 is 0 Å². The van der Waals surface area contributed by atoms with E-state index in [0.29, 0.717) is 11.9 Å². The first kappa shape index (κ1) is 7.38. The van der Waals surface area contributed by atoms with Gasteiger partial charge in [0.15, 0.2) is 0 Å². The summed E-state index contributed by atoms with van der Waals surface area (Å²) in [5.41, 5.74) is 0. The highest BCUT2D eigenvalue weighted by atomic mass is 32.1. The average molecular weight is 148 g/mol. The third kappa shape index (κ3) is 2.56. The van der Waals surface area contributed by atoms with Crippen LogP contribution in [0, 0.1) is 5.92 Å². The highest BCUT2D eigenvalue weighted by molar-refractivity contribution is 7.80. The molecule has 0 aliphatic carbocycles. The molecule has 1 aliphatic heterocycles. The molecule has 0 radical (unpaired) electrons. The number of ether oxygens (including phenoxy) is 2. The molecule has 0 amide bonds. The zero-order valence-electron chi connectivity index (χ0n) is 5.38. The van der Waals surface area contributed by atoms with Crippen LogP contribution < -0.4 is 0 Å². The molecular weight excluding hydrogens is 136 g/mol. The minimum Gasteiger partial charge on any atom is -0.381 e. The molecule has 2 nitrogen and oxygen atoms in total. The molecule has 1 heterocycles. The van der Waals surface area contributed by atoms with E-state index in [0.717, 1.165) is 26.2 Å². The zero-order valence-corrected chi connectivity index (χ0v) is 6.27. The Morgan fingerprint density at radius 1 is 1.67 bits per heavy atom. The van der Waals surface area contributed by atoms with Crippen molar-refractivity contribution in [1.82, 2.24) is 0 Å². The molecule has 0 aromatic rings. The first-order valence-electron chi connectivity index (χ1n) is 3.20. The molecule has 9 heavy (non-hydrogen) atoms. The van der Waals surface area contributed by atoms with Crippen molar-refractivity contribution in [2.45, 2.75) is 6.42 Å². The van der Waals surface area contributed by atoms with E-state index in [-0.39, 0.29) is 0 Å². The fourth-order valence-electron chi connectivity index (χ4n) is 0.934. The lowest BCUT2D eigenvalue weighted by molar-refractivity contribution is 0.121. The molecule has 0 spiro atoms. The Hall–Kier alpha value is 0.270. The molecular formula is C6H12O2S. The Morgan fingerprint density at radius 3 is 3.11 bits per heavy atom. The summed E-state index contributed by atoms with van der Waals surface area (Å²) in [6.07, 6.45) is 1.15. The summed E-state index contributed by atoms with van der Waals surface area (Å²) in [6.45, 7) is 2.58. The van der Waals surface area contributed by atoms with Crippen molar-refractivity contribution < 1.29 is 9.47 Å². The van der Waals surface area contributed by atoms with Crippen molar-refractivity contribution in [1.29, 1.82) is 0 Å². The molecule has 0 bridgehead atoms. The van der Waals surface area contributed by atoms with Gasteiger partial charge in [-0.2, -0.15) is 12.6 Å². The van der Waals surface area contributed by atoms with E-state index in [2.05, 4.69) is 12.6 Å². The average Bonchev–Trinajstić information content (AvgIpc) is 2.34. The lowest BCUT2D eigenvalue weighted by atomic mass is 10.1. The van der Waals surface area contributed by atoms with Gasteiger partial charge in [-0.3, -0.25) is 0 Å². The van der Waals surface area contributed by atoms with Gasteiger partial charge in [-0.1, -0.05) is 0 Å². The second kappa shape index (κ2) is 4.14. The van der Waals surface area contributed by atoms with Crippen LogP contribution in [-0.4, -0.2) is 25.8 Å². The maximum atomic E-state index is 5.15. The summed E-state index contributed by atoms with van der Waals surface area (Å²) < 4.78 is 10.3. The van der Waals surface area contributed by atoms with Crippen molar-refractivity contribution in [2.24, 2.45) is 5.92 Å². The van der Waals surface area contributed by atoms with Gasteiger partial charge in [-0.15, -0.1) is 0 Å². The van der Waals surface area contributed by atoms with E-state index in [1.54, 1.807) is 0 Å². The molecule has 1 aliphatic rings. The smallest absolute Gasteiger partial charge is 0.0892 e. The van der Waals surface area contributed by atoms with Gasteiger partial charge in [0, 0.05) is 12.5 Å². The van der Waals surface area contributed by atoms with E-state index in [4.69, 9.17) is 9.47 Å². The molecule has 1 rings (SSSR count). The molecule has 54 valence electrons. The van der Waals surface area contributed by atoms with Gasteiger partial charge in [-0.25, -0.2) is 0 Å². The normalized spacial score (nSPS) is 27.0. The summed E-state index contributed by atoms with van der Waals surface area (Å²) in [5, 5.41) is 0. The maximum Gasteiger partial charge on any atom is 0.0892 e. The first-order valence-corrected chi connectivity index (χ1v) is 3.83. The SMILES string of the molecule is SCOCC1CCOC1. The van der Waals surface area contributed by atoms with E-state index >= 15 is 0 Å². The first-order chi connectivity index (χ1) is 4.43. The Labute approximate surface area is 60.9 Å². The number of rotatable bonds is 3. The molecule has 3 heteroatoms. The van der Waals surface area contributed by atoms with Crippen LogP contribution in [0.25, 0.3) is 0 Å². The number of hydrogen-bond acceptors (Lipinski definition) is 3. The van der Waals surface area contributed by atoms with Gasteiger partial charge in [0.2, 0.25) is 0 Å². The summed E-state index contributed by atoms with van der Waals surface area (Å²) in [4.78, 5) is 0. The second-order valence-corrected chi connectivity index (χ2v) is 2.49. The minimum atomic E-state index is 0.524. The molecule has 1 unspecified atom stereocenters. The standard InChI is InChI=1S/C6H12O2S/c9-5-8-4-6-1-2-7-3-6/h6,9H,1-5H2. The van der Waals surface area contributed by atoms with Crippen molar-refractivity contribution in [3.05, 3.63) is 0 Å². The molecule has 1 fully saturated rings. The molecule has 0 aromatic heterocycles. The molecule has 0 aromatic carbocycles. The van der Waals surface area contributed by atoms with Crippen LogP contribution in [0.4, 0.5) is 0 Å². The topological polar surface area (TPSA) is 18.5 Å². The van der Waals surface area contributed by atoms with Gasteiger partial charge in [0.1, 0.15) is 0 Å². The Kier molecular flexibility index (Phi) is 3.40. The molecule has 1 saturated heterocycles. The summed E-state index contributed by atoms with van der Waals surface area (Å²) in [6, 6.07) is 0. The van der Waals surface area contributed by atoms with Crippen molar-refractivity contribution in [3.8, 4) is 0 Å². The quantitative estimate of drug-likeness (QED) is 0.474. The zero-order chi connectivity index (χ0) is 6.53. The monoisotopic (exact) mass is 148 g/mol. The Balaban J connectivity index is 1.98. The van der Waals surface area contributed by atoms with E-state index in [1.807, 2.05) is 0 Å². The summed E-state index contributed by atoms with van der Waals surface area (Å²) in [5.74, 6) is 1.15. The second-order valence-electron chi connectivity index (χ2n) is 2.23. The van der Waals surface area contributed by atoms with Crippen LogP contribution in [0.5, 0.6) is 0 Å². The highest BCUT2D eigenvalue weighted by Crippen LogP contribution is 2.11. The Bertz CT molecular complexity index is 71.5. The van der Waals surface area contributed by atoms with Crippen molar-refractivity contribution in [2.75, 3.05) is 25.8 Å². The van der Waals surface area contributed by atoms with Crippen molar-refractivity contribution in [3.63, 3.8) is 0 Å². The molecule has 1 atom stereocenters.